The van der Waals surface area contributed by atoms with Crippen molar-refractivity contribution in [3.63, 3.8) is 0 Å². The number of nitrogens with two attached hydrogens (primary N) is 1. The number of ether oxygens (including phenoxy) is 2. The summed E-state index contributed by atoms with van der Waals surface area (Å²) in [6.07, 6.45) is -0.226. The van der Waals surface area contributed by atoms with E-state index < -0.39 is 43.6 Å². The minimum atomic E-state index is -4.31. The average molecular weight is 601 g/mol. The number of anilines is 1. The van der Waals surface area contributed by atoms with Crippen LogP contribution in [-0.4, -0.2) is 67.2 Å². The van der Waals surface area contributed by atoms with E-state index in [1.807, 2.05) is 24.3 Å². The van der Waals surface area contributed by atoms with Crippen molar-refractivity contribution < 1.29 is 38.1 Å². The number of aliphatic carboxylic acids is 1. The van der Waals surface area contributed by atoms with Gasteiger partial charge in [0.15, 0.2) is 17.4 Å². The molecular weight excluding hydrogens is 567 g/mol. The Balaban J connectivity index is 1.41. The maximum Gasteiger partial charge on any atom is 0.459 e. The predicted molar refractivity (Wildman–Crippen MR) is 153 cm³/mol. The highest BCUT2D eigenvalue weighted by molar-refractivity contribution is 7.52. The quantitative estimate of drug-likeness (QED) is 0.183. The number of aliphatic hydroxyl groups is 1. The van der Waals surface area contributed by atoms with Gasteiger partial charge in [0.2, 0.25) is 11.8 Å². The summed E-state index contributed by atoms with van der Waals surface area (Å²) in [7, 11) is -2.88. The first kappa shape index (κ1) is 29.7. The van der Waals surface area contributed by atoms with Gasteiger partial charge in [0.05, 0.1) is 26.1 Å². The van der Waals surface area contributed by atoms with Gasteiger partial charge in [0.25, 0.3) is 0 Å². The summed E-state index contributed by atoms with van der Waals surface area (Å²) in [5.41, 5.74) is 5.03. The minimum absolute atomic E-state index is 0.0469. The molecule has 1 fully saturated rings. The summed E-state index contributed by atoms with van der Waals surface area (Å²) < 4.78 is 38.8. The summed E-state index contributed by atoms with van der Waals surface area (Å²) in [6, 6.07) is 11.4. The molecule has 2 aromatic carbocycles. The number of carbonyl (C=O) groups is 1. The Labute approximate surface area is 241 Å². The van der Waals surface area contributed by atoms with E-state index in [2.05, 4.69) is 20.0 Å². The molecular formula is C27H33N6O8P. The molecule has 1 saturated heterocycles. The highest BCUT2D eigenvalue weighted by atomic mass is 31.2. The maximum atomic E-state index is 14.2. The number of nitrogens with one attached hydrogen (secondary N) is 1. The number of benzene rings is 2. The molecule has 0 bridgehead atoms. The number of nitrogens with zero attached hydrogens (tertiary/aromatic N) is 4. The average Bonchev–Trinajstić information content (AvgIpc) is 3.49. The minimum Gasteiger partial charge on any atom is -0.480 e. The number of aromatic nitrogens is 4. The number of methoxy groups -OCH3 is 1. The third kappa shape index (κ3) is 5.90. The van der Waals surface area contributed by atoms with E-state index in [1.54, 1.807) is 39.0 Å². The van der Waals surface area contributed by atoms with E-state index in [9.17, 15) is 19.6 Å². The smallest absolute Gasteiger partial charge is 0.459 e. The van der Waals surface area contributed by atoms with Gasteiger partial charge in [-0.25, -0.2) is 9.55 Å². The molecule has 0 radical (unpaired) electrons. The van der Waals surface area contributed by atoms with Gasteiger partial charge in [-0.2, -0.15) is 15.1 Å². The summed E-state index contributed by atoms with van der Waals surface area (Å²) >= 11 is 0. The second-order valence-electron chi connectivity index (χ2n) is 10.6. The molecule has 0 amide bonds. The normalized spacial score (nSPS) is 22.8. The molecule has 2 aromatic heterocycles. The Bertz CT molecular complexity index is 1660. The Morgan fingerprint density at radius 1 is 1.26 bits per heavy atom. The third-order valence-electron chi connectivity index (χ3n) is 6.98. The number of imidazole rings is 1. The van der Waals surface area contributed by atoms with Gasteiger partial charge in [0, 0.05) is 11.8 Å². The van der Waals surface area contributed by atoms with E-state index in [0.717, 1.165) is 5.39 Å². The number of fused-ring (bicyclic) bond motifs is 2. The van der Waals surface area contributed by atoms with Crippen molar-refractivity contribution in [3.05, 3.63) is 48.8 Å². The second kappa shape index (κ2) is 11.5. The molecule has 15 heteroatoms. The van der Waals surface area contributed by atoms with Crippen LogP contribution in [-0.2, 0) is 18.6 Å². The highest BCUT2D eigenvalue weighted by Gasteiger charge is 2.47. The predicted octanol–water partition coefficient (Wildman–Crippen LogP) is 3.51. The first-order valence-corrected chi connectivity index (χ1v) is 14.8. The van der Waals surface area contributed by atoms with Gasteiger partial charge < -0.3 is 29.9 Å². The molecule has 1 aliphatic heterocycles. The Hall–Kier alpha value is -3.81. The molecule has 3 unspecified atom stereocenters. The van der Waals surface area contributed by atoms with Crippen LogP contribution >= 0.6 is 7.75 Å². The monoisotopic (exact) mass is 600 g/mol. The highest BCUT2D eigenvalue weighted by Crippen LogP contribution is 2.49. The Morgan fingerprint density at radius 2 is 2.00 bits per heavy atom. The fraction of sp³-hybridized carbons (Fsp3) is 0.407. The number of hydrogen-bond donors (Lipinski definition) is 4. The van der Waals surface area contributed by atoms with Crippen LogP contribution in [0.25, 0.3) is 21.9 Å². The molecule has 0 saturated carbocycles. The van der Waals surface area contributed by atoms with E-state index in [0.29, 0.717) is 16.6 Å². The number of hydrogen-bond acceptors (Lipinski definition) is 11. The van der Waals surface area contributed by atoms with Gasteiger partial charge in [-0.05, 0) is 24.3 Å². The Morgan fingerprint density at radius 3 is 2.71 bits per heavy atom. The molecule has 1 aliphatic rings. The molecule has 14 nitrogen and oxygen atoms in total. The molecule has 5 atom stereocenters. The largest absolute Gasteiger partial charge is 0.480 e. The zero-order valence-electron chi connectivity index (χ0n) is 23.5. The number of carboxylic acid groups (broad SMARTS) is 1. The molecule has 224 valence electrons. The number of rotatable bonds is 11. The van der Waals surface area contributed by atoms with Gasteiger partial charge in [-0.3, -0.25) is 13.9 Å². The maximum absolute atomic E-state index is 14.2. The third-order valence-corrected chi connectivity index (χ3v) is 8.50. The summed E-state index contributed by atoms with van der Waals surface area (Å²) in [5.74, 6) is -1.27. The van der Waals surface area contributed by atoms with Gasteiger partial charge in [-0.1, -0.05) is 50.2 Å². The van der Waals surface area contributed by atoms with Crippen LogP contribution < -0.4 is 20.1 Å². The van der Waals surface area contributed by atoms with Crippen LogP contribution in [0.2, 0.25) is 0 Å². The topological polar surface area (TPSA) is 193 Å². The van der Waals surface area contributed by atoms with Crippen molar-refractivity contribution in [1.29, 1.82) is 0 Å². The molecule has 5 N–H and O–H groups in total. The number of carboxylic acids is 1. The lowest BCUT2D eigenvalue weighted by molar-refractivity contribution is -0.140. The summed E-state index contributed by atoms with van der Waals surface area (Å²) in [4.78, 5) is 24.5. The lowest BCUT2D eigenvalue weighted by Crippen LogP contribution is -2.40. The van der Waals surface area contributed by atoms with Crippen molar-refractivity contribution >= 4 is 41.6 Å². The van der Waals surface area contributed by atoms with Crippen LogP contribution in [0.5, 0.6) is 11.6 Å². The van der Waals surface area contributed by atoms with E-state index >= 15 is 0 Å². The fourth-order valence-electron chi connectivity index (χ4n) is 4.96. The molecule has 0 spiro atoms. The summed E-state index contributed by atoms with van der Waals surface area (Å²) in [6.45, 7) is 4.64. The fourth-order valence-corrected chi connectivity index (χ4v) is 6.67. The van der Waals surface area contributed by atoms with Gasteiger partial charge in [-0.15, -0.1) is 0 Å². The first-order chi connectivity index (χ1) is 19.9. The van der Waals surface area contributed by atoms with Crippen LogP contribution in [0.15, 0.2) is 48.8 Å². The van der Waals surface area contributed by atoms with Crippen LogP contribution in [0.4, 0.5) is 5.95 Å². The van der Waals surface area contributed by atoms with E-state index in [-0.39, 0.29) is 30.6 Å². The van der Waals surface area contributed by atoms with Crippen molar-refractivity contribution in [1.82, 2.24) is 24.6 Å². The van der Waals surface area contributed by atoms with E-state index in [1.165, 1.54) is 18.0 Å². The van der Waals surface area contributed by atoms with Crippen molar-refractivity contribution in [2.75, 3.05) is 19.5 Å². The zero-order chi connectivity index (χ0) is 30.2. The Kier molecular flexibility index (Phi) is 8.10. The molecule has 3 heterocycles. The SMILES string of the molecule is COc1nc(N)nc2c1ncn2C1O[C@H](COP(=O)(NC(C(=O)O)C(C)C)Oc2cccc3ccccc23)C[C@@]1(C)O. The molecule has 42 heavy (non-hydrogen) atoms. The lowest BCUT2D eigenvalue weighted by atomic mass is 10.0. The van der Waals surface area contributed by atoms with Gasteiger partial charge >= 0.3 is 13.7 Å². The van der Waals surface area contributed by atoms with Crippen molar-refractivity contribution in [3.8, 4) is 11.6 Å². The zero-order valence-corrected chi connectivity index (χ0v) is 24.4. The molecule has 0 aliphatic carbocycles. The van der Waals surface area contributed by atoms with Crippen LogP contribution in [0, 0.1) is 5.92 Å². The van der Waals surface area contributed by atoms with Crippen molar-refractivity contribution in [2.24, 2.45) is 5.92 Å². The summed E-state index contributed by atoms with van der Waals surface area (Å²) in [5, 5.41) is 25.2. The number of nitrogen functional groups attached to an aromatic ring is 1. The second-order valence-corrected chi connectivity index (χ2v) is 12.3. The molecule has 4 aromatic rings. The first-order valence-electron chi connectivity index (χ1n) is 13.2. The van der Waals surface area contributed by atoms with Gasteiger partial charge in [0.1, 0.15) is 17.4 Å². The van der Waals surface area contributed by atoms with Crippen LogP contribution in [0.1, 0.15) is 33.4 Å². The van der Waals surface area contributed by atoms with Crippen LogP contribution in [0.3, 0.4) is 0 Å². The van der Waals surface area contributed by atoms with Crippen molar-refractivity contribution in [2.45, 2.75) is 51.2 Å². The lowest BCUT2D eigenvalue weighted by Gasteiger charge is -2.26. The standard InChI is InChI=1S/C27H33N6O8P/c1-15(2)20(24(34)35)32-42(37,41-19-11-7-9-16-8-5-6-10-18(16)19)39-13-17-12-27(3,36)25(40-17)33-14-29-21-22(33)30-26(28)31-23(21)38-4/h5-11,14-15,17,20,25,36H,12-13H2,1-4H3,(H,32,37)(H,34,35)(H2,28,30,31)/t17-,20?,25?,27+,42?/m0/s1. The molecule has 5 rings (SSSR count). The van der Waals surface area contributed by atoms with E-state index in [4.69, 9.17) is 24.3 Å².